The van der Waals surface area contributed by atoms with Crippen LogP contribution < -0.4 is 10.1 Å². The van der Waals surface area contributed by atoms with Crippen LogP contribution in [0.4, 0.5) is 14.9 Å². The fourth-order valence-corrected chi connectivity index (χ4v) is 4.40. The molecule has 2 N–H and O–H groups in total. The summed E-state index contributed by atoms with van der Waals surface area (Å²) < 4.78 is 18.9. The van der Waals surface area contributed by atoms with E-state index in [1.807, 2.05) is 12.1 Å². The zero-order chi connectivity index (χ0) is 20.2. The number of aromatic amines is 1. The molecule has 1 aromatic carbocycles. The van der Waals surface area contributed by atoms with Gasteiger partial charge in [-0.15, -0.1) is 0 Å². The summed E-state index contributed by atoms with van der Waals surface area (Å²) in [6.45, 7) is 0.285. The number of likely N-dealkylation sites (tertiary alicyclic amines) is 1. The van der Waals surface area contributed by atoms with Gasteiger partial charge in [-0.05, 0) is 25.0 Å². The van der Waals surface area contributed by atoms with Crippen molar-refractivity contribution < 1.29 is 13.9 Å². The van der Waals surface area contributed by atoms with Crippen LogP contribution in [0.1, 0.15) is 55.6 Å². The van der Waals surface area contributed by atoms with Crippen LogP contribution in [0, 0.1) is 5.92 Å². The summed E-state index contributed by atoms with van der Waals surface area (Å²) in [7, 11) is 1.58. The van der Waals surface area contributed by atoms with Crippen LogP contribution in [0.3, 0.4) is 0 Å². The number of benzene rings is 1. The fraction of sp³-hybridized carbons (Fsp3) is 0.571. The number of halogens is 1. The van der Waals surface area contributed by atoms with E-state index in [4.69, 9.17) is 9.72 Å². The lowest BCUT2D eigenvalue weighted by atomic mass is 9.89. The van der Waals surface area contributed by atoms with Crippen LogP contribution in [-0.2, 0) is 0 Å². The molecular weight excluding hydrogens is 373 g/mol. The summed E-state index contributed by atoms with van der Waals surface area (Å²) >= 11 is 0. The molecule has 0 unspecified atom stereocenters. The highest BCUT2D eigenvalue weighted by Gasteiger charge is 2.38. The number of H-pyrrole nitrogens is 1. The Bertz CT molecular complexity index is 836. The standard InChI is InChI=1S/C21H28FN5O2/c1-29-17-9-5-8-16(10-17)23-21(28)27-12-15(11-22)18(13-27)20-24-19(25-26-20)14-6-3-2-4-7-14/h5,8-10,14-15,18H,2-4,6-7,11-13H2,1H3,(H,23,28)(H,24,25,26)/t15-,18-/m1/s1. The molecule has 2 atom stereocenters. The topological polar surface area (TPSA) is 83.1 Å². The minimum Gasteiger partial charge on any atom is -0.497 e. The van der Waals surface area contributed by atoms with Gasteiger partial charge < -0.3 is 15.0 Å². The Kier molecular flexibility index (Phi) is 5.97. The largest absolute Gasteiger partial charge is 0.497 e. The summed E-state index contributed by atoms with van der Waals surface area (Å²) in [5.41, 5.74) is 0.647. The van der Waals surface area contributed by atoms with Crippen molar-refractivity contribution in [1.82, 2.24) is 20.1 Å². The molecule has 4 rings (SSSR count). The van der Waals surface area contributed by atoms with Gasteiger partial charge in [-0.3, -0.25) is 9.49 Å². The number of rotatable bonds is 5. The molecule has 2 aromatic rings. The van der Waals surface area contributed by atoms with E-state index in [2.05, 4.69) is 15.5 Å². The van der Waals surface area contributed by atoms with Crippen molar-refractivity contribution in [3.8, 4) is 5.75 Å². The molecule has 2 amide bonds. The number of aromatic nitrogens is 3. The molecule has 1 saturated heterocycles. The summed E-state index contributed by atoms with van der Waals surface area (Å²) in [4.78, 5) is 19.1. The number of hydrogen-bond donors (Lipinski definition) is 2. The second kappa shape index (κ2) is 8.80. The maximum Gasteiger partial charge on any atom is 0.321 e. The van der Waals surface area contributed by atoms with Crippen LogP contribution in [0.15, 0.2) is 24.3 Å². The van der Waals surface area contributed by atoms with Gasteiger partial charge >= 0.3 is 6.03 Å². The quantitative estimate of drug-likeness (QED) is 0.791. The lowest BCUT2D eigenvalue weighted by Crippen LogP contribution is -2.33. The monoisotopic (exact) mass is 401 g/mol. The smallest absolute Gasteiger partial charge is 0.321 e. The van der Waals surface area contributed by atoms with Crippen molar-refractivity contribution in [3.63, 3.8) is 0 Å². The molecule has 0 radical (unpaired) electrons. The summed E-state index contributed by atoms with van der Waals surface area (Å²) in [5, 5.41) is 10.3. The molecule has 8 heteroatoms. The normalized spacial score (nSPS) is 22.6. The molecule has 0 spiro atoms. The van der Waals surface area contributed by atoms with Crippen LogP contribution in [0.25, 0.3) is 0 Å². The highest BCUT2D eigenvalue weighted by Crippen LogP contribution is 2.34. The molecule has 1 aliphatic heterocycles. The molecule has 2 fully saturated rings. The summed E-state index contributed by atoms with van der Waals surface area (Å²) in [6, 6.07) is 6.94. The minimum atomic E-state index is -0.493. The molecule has 29 heavy (non-hydrogen) atoms. The Morgan fingerprint density at radius 3 is 2.90 bits per heavy atom. The van der Waals surface area contributed by atoms with E-state index >= 15 is 0 Å². The number of amides is 2. The zero-order valence-electron chi connectivity index (χ0n) is 16.7. The Morgan fingerprint density at radius 2 is 2.14 bits per heavy atom. The molecule has 1 aromatic heterocycles. The molecule has 0 bridgehead atoms. The van der Waals surface area contributed by atoms with Gasteiger partial charge in [-0.1, -0.05) is 25.3 Å². The predicted molar refractivity (Wildman–Crippen MR) is 108 cm³/mol. The van der Waals surface area contributed by atoms with Gasteiger partial charge in [0.15, 0.2) is 5.82 Å². The lowest BCUT2D eigenvalue weighted by molar-refractivity contribution is 0.219. The highest BCUT2D eigenvalue weighted by atomic mass is 19.1. The third-order valence-electron chi connectivity index (χ3n) is 6.09. The Balaban J connectivity index is 1.43. The first kappa shape index (κ1) is 19.7. The van der Waals surface area contributed by atoms with Crippen molar-refractivity contribution in [2.45, 2.75) is 43.9 Å². The lowest BCUT2D eigenvalue weighted by Gasteiger charge is -2.18. The van der Waals surface area contributed by atoms with Crippen molar-refractivity contribution in [2.75, 3.05) is 32.2 Å². The molecular formula is C21H28FN5O2. The van der Waals surface area contributed by atoms with Crippen molar-refractivity contribution >= 4 is 11.7 Å². The van der Waals surface area contributed by atoms with Gasteiger partial charge in [0.2, 0.25) is 0 Å². The van der Waals surface area contributed by atoms with E-state index in [0.29, 0.717) is 36.3 Å². The first-order chi connectivity index (χ1) is 14.2. The van der Waals surface area contributed by atoms with Crippen LogP contribution in [0.2, 0.25) is 0 Å². The SMILES string of the molecule is COc1cccc(NC(=O)N2C[C@@H](CF)[C@H](c3nc(C4CCCCC4)n[nH]3)C2)c1. The number of methoxy groups -OCH3 is 1. The Hall–Kier alpha value is -2.64. The van der Waals surface area contributed by atoms with Gasteiger partial charge in [0.1, 0.15) is 11.6 Å². The van der Waals surface area contributed by atoms with Gasteiger partial charge in [0.25, 0.3) is 0 Å². The van der Waals surface area contributed by atoms with Crippen LogP contribution in [-0.4, -0.2) is 53.0 Å². The third kappa shape index (κ3) is 4.36. The van der Waals surface area contributed by atoms with Crippen LogP contribution in [0.5, 0.6) is 5.75 Å². The first-order valence-corrected chi connectivity index (χ1v) is 10.4. The molecule has 2 heterocycles. The van der Waals surface area contributed by atoms with E-state index < -0.39 is 6.67 Å². The molecule has 156 valence electrons. The average molecular weight is 401 g/mol. The zero-order valence-corrected chi connectivity index (χ0v) is 16.7. The summed E-state index contributed by atoms with van der Waals surface area (Å²) in [5.74, 6) is 2.16. The second-order valence-electron chi connectivity index (χ2n) is 8.00. The van der Waals surface area contributed by atoms with Gasteiger partial charge in [-0.2, -0.15) is 5.10 Å². The van der Waals surface area contributed by atoms with E-state index in [0.717, 1.165) is 18.7 Å². The van der Waals surface area contributed by atoms with E-state index in [-0.39, 0.29) is 17.9 Å². The van der Waals surface area contributed by atoms with Gasteiger partial charge in [-0.25, -0.2) is 9.78 Å². The molecule has 1 saturated carbocycles. The maximum absolute atomic E-state index is 13.7. The number of nitrogens with zero attached hydrogens (tertiary/aromatic N) is 3. The number of carbonyl (C=O) groups is 1. The molecule has 1 aliphatic carbocycles. The predicted octanol–water partition coefficient (Wildman–Crippen LogP) is 4.08. The number of hydrogen-bond acceptors (Lipinski definition) is 4. The first-order valence-electron chi connectivity index (χ1n) is 10.4. The number of alkyl halides is 1. The Labute approximate surface area is 170 Å². The number of urea groups is 1. The van der Waals surface area contributed by atoms with E-state index in [1.54, 1.807) is 24.1 Å². The van der Waals surface area contributed by atoms with Gasteiger partial charge in [0.05, 0.1) is 13.8 Å². The average Bonchev–Trinajstić information content (AvgIpc) is 3.41. The van der Waals surface area contributed by atoms with Crippen molar-refractivity contribution in [2.24, 2.45) is 5.92 Å². The number of nitrogens with one attached hydrogen (secondary N) is 2. The van der Waals surface area contributed by atoms with Crippen LogP contribution >= 0.6 is 0 Å². The van der Waals surface area contributed by atoms with Crippen molar-refractivity contribution in [3.05, 3.63) is 35.9 Å². The van der Waals surface area contributed by atoms with Crippen molar-refractivity contribution in [1.29, 1.82) is 0 Å². The molecule has 7 nitrogen and oxygen atoms in total. The minimum absolute atomic E-state index is 0.166. The number of ether oxygens (including phenoxy) is 1. The van der Waals surface area contributed by atoms with Gasteiger partial charge in [0, 0.05) is 42.6 Å². The number of carbonyl (C=O) groups excluding carboxylic acids is 1. The highest BCUT2D eigenvalue weighted by molar-refractivity contribution is 5.89. The van der Waals surface area contributed by atoms with E-state index in [1.165, 1.54) is 19.3 Å². The maximum atomic E-state index is 13.7. The summed E-state index contributed by atoms with van der Waals surface area (Å²) in [6.07, 6.45) is 5.93. The Morgan fingerprint density at radius 1 is 1.31 bits per heavy atom. The molecule has 2 aliphatic rings. The second-order valence-corrected chi connectivity index (χ2v) is 8.00. The van der Waals surface area contributed by atoms with E-state index in [9.17, 15) is 9.18 Å². The number of anilines is 1. The third-order valence-corrected chi connectivity index (χ3v) is 6.09. The fourth-order valence-electron chi connectivity index (χ4n) is 4.40.